The molecule has 4 rings (SSSR count). The SMILES string of the molecule is COc1ccc(C(=O)N=C2S[C@@H]3CS(=O)(=O)C[C@H]3N2c2ccc(Br)cc2)cc1OC. The number of rotatable bonds is 4. The number of fused-ring (bicyclic) bond motifs is 1. The second-order valence-electron chi connectivity index (χ2n) is 6.92. The van der Waals surface area contributed by atoms with Gasteiger partial charge in [0.25, 0.3) is 5.91 Å². The molecule has 0 saturated carbocycles. The van der Waals surface area contributed by atoms with Crippen LogP contribution in [-0.4, -0.2) is 56.5 Å². The van der Waals surface area contributed by atoms with Gasteiger partial charge >= 0.3 is 0 Å². The van der Waals surface area contributed by atoms with Crippen molar-refractivity contribution in [3.8, 4) is 11.5 Å². The van der Waals surface area contributed by atoms with E-state index in [4.69, 9.17) is 9.47 Å². The minimum Gasteiger partial charge on any atom is -0.493 e. The Hall–Kier alpha value is -2.04. The molecule has 2 atom stereocenters. The van der Waals surface area contributed by atoms with Crippen molar-refractivity contribution < 1.29 is 22.7 Å². The summed E-state index contributed by atoms with van der Waals surface area (Å²) in [5, 5.41) is 0.345. The Morgan fingerprint density at radius 3 is 2.47 bits per heavy atom. The summed E-state index contributed by atoms with van der Waals surface area (Å²) in [6.07, 6.45) is 0. The van der Waals surface area contributed by atoms with E-state index < -0.39 is 15.7 Å². The topological polar surface area (TPSA) is 85.3 Å². The summed E-state index contributed by atoms with van der Waals surface area (Å²) in [5.41, 5.74) is 1.16. The third kappa shape index (κ3) is 4.08. The number of halogens is 1. The number of amides is 1. The summed E-state index contributed by atoms with van der Waals surface area (Å²) in [7, 11) is -0.0903. The van der Waals surface area contributed by atoms with Crippen LogP contribution in [0.2, 0.25) is 0 Å². The highest BCUT2D eigenvalue weighted by molar-refractivity contribution is 9.10. The molecule has 2 saturated heterocycles. The monoisotopic (exact) mass is 510 g/mol. The number of hydrogen-bond acceptors (Lipinski definition) is 6. The van der Waals surface area contributed by atoms with Crippen LogP contribution in [-0.2, 0) is 9.84 Å². The third-order valence-electron chi connectivity index (χ3n) is 5.00. The number of hydrogen-bond donors (Lipinski definition) is 0. The van der Waals surface area contributed by atoms with E-state index >= 15 is 0 Å². The molecule has 0 aliphatic carbocycles. The van der Waals surface area contributed by atoms with Gasteiger partial charge in [-0.15, -0.1) is 0 Å². The predicted molar refractivity (Wildman–Crippen MR) is 122 cm³/mol. The fourth-order valence-electron chi connectivity index (χ4n) is 3.59. The molecular formula is C20H19BrN2O5S2. The quantitative estimate of drug-likeness (QED) is 0.622. The van der Waals surface area contributed by atoms with Crippen molar-refractivity contribution >= 4 is 54.3 Å². The number of thioether (sulfide) groups is 1. The molecule has 0 aromatic heterocycles. The van der Waals surface area contributed by atoms with Gasteiger partial charge in [-0.1, -0.05) is 27.7 Å². The molecule has 2 aromatic carbocycles. The second-order valence-corrected chi connectivity index (χ2v) is 11.2. The van der Waals surface area contributed by atoms with Crippen LogP contribution < -0.4 is 14.4 Å². The van der Waals surface area contributed by atoms with Crippen LogP contribution in [0, 0.1) is 0 Å². The van der Waals surface area contributed by atoms with E-state index in [1.165, 1.54) is 26.0 Å². The smallest absolute Gasteiger partial charge is 0.279 e. The van der Waals surface area contributed by atoms with Crippen LogP contribution in [0.15, 0.2) is 51.9 Å². The maximum atomic E-state index is 12.9. The maximum Gasteiger partial charge on any atom is 0.279 e. The van der Waals surface area contributed by atoms with E-state index in [0.717, 1.165) is 10.2 Å². The van der Waals surface area contributed by atoms with E-state index in [9.17, 15) is 13.2 Å². The number of anilines is 1. The van der Waals surface area contributed by atoms with Gasteiger partial charge in [-0.25, -0.2) is 8.42 Å². The van der Waals surface area contributed by atoms with Crippen molar-refractivity contribution in [2.45, 2.75) is 11.3 Å². The van der Waals surface area contributed by atoms with Crippen LogP contribution >= 0.6 is 27.7 Å². The minimum absolute atomic E-state index is 0.0459. The van der Waals surface area contributed by atoms with Gasteiger partial charge in [-0.3, -0.25) is 4.79 Å². The molecule has 2 heterocycles. The molecule has 2 aromatic rings. The fraction of sp³-hybridized carbons (Fsp3) is 0.300. The Morgan fingerprint density at radius 2 is 1.80 bits per heavy atom. The number of benzene rings is 2. The van der Waals surface area contributed by atoms with Gasteiger partial charge in [0, 0.05) is 21.0 Å². The van der Waals surface area contributed by atoms with Crippen molar-refractivity contribution in [2.24, 2.45) is 4.99 Å². The lowest BCUT2D eigenvalue weighted by molar-refractivity contribution is 0.100. The highest BCUT2D eigenvalue weighted by atomic mass is 79.9. The number of amidine groups is 1. The summed E-state index contributed by atoms with van der Waals surface area (Å²) < 4.78 is 35.7. The zero-order valence-electron chi connectivity index (χ0n) is 16.2. The lowest BCUT2D eigenvalue weighted by atomic mass is 10.2. The Kier molecular flexibility index (Phi) is 5.82. The van der Waals surface area contributed by atoms with Crippen LogP contribution in [0.3, 0.4) is 0 Å². The lowest BCUT2D eigenvalue weighted by Gasteiger charge is -2.24. The van der Waals surface area contributed by atoms with E-state index in [-0.39, 0.29) is 22.8 Å². The molecule has 1 amide bonds. The molecule has 2 fully saturated rings. The molecule has 0 N–H and O–H groups in total. The van der Waals surface area contributed by atoms with Crippen LogP contribution in [0.25, 0.3) is 0 Å². The van der Waals surface area contributed by atoms with Crippen molar-refractivity contribution in [1.29, 1.82) is 0 Å². The van der Waals surface area contributed by atoms with Gasteiger partial charge in [0.1, 0.15) is 0 Å². The highest BCUT2D eigenvalue weighted by Gasteiger charge is 2.49. The molecule has 158 valence electrons. The minimum atomic E-state index is -3.12. The van der Waals surface area contributed by atoms with Gasteiger partial charge in [0.15, 0.2) is 26.5 Å². The molecule has 0 radical (unpaired) electrons. The molecule has 2 aliphatic heterocycles. The summed E-state index contributed by atoms with van der Waals surface area (Å²) in [4.78, 5) is 19.1. The van der Waals surface area contributed by atoms with Crippen molar-refractivity contribution in [3.63, 3.8) is 0 Å². The summed E-state index contributed by atoms with van der Waals surface area (Å²) in [6, 6.07) is 12.1. The van der Waals surface area contributed by atoms with Gasteiger partial charge in [-0.05, 0) is 42.5 Å². The highest BCUT2D eigenvalue weighted by Crippen LogP contribution is 2.41. The molecule has 0 unspecified atom stereocenters. The lowest BCUT2D eigenvalue weighted by Crippen LogP contribution is -2.37. The standard InChI is InChI=1S/C20H19BrN2O5S2/c1-27-16-8-3-12(9-17(16)28-2)19(24)22-20-23(14-6-4-13(21)5-7-14)15-10-30(25,26)11-18(15)29-20/h3-9,15,18H,10-11H2,1-2H3/t15-,18-/m1/s1. The Bertz CT molecular complexity index is 1120. The number of carbonyl (C=O) groups is 1. The maximum absolute atomic E-state index is 12.9. The molecule has 0 spiro atoms. The molecule has 7 nitrogen and oxygen atoms in total. The number of methoxy groups -OCH3 is 2. The normalized spacial score (nSPS) is 23.4. The van der Waals surface area contributed by atoms with E-state index in [1.54, 1.807) is 18.2 Å². The first-order valence-electron chi connectivity index (χ1n) is 9.08. The van der Waals surface area contributed by atoms with E-state index in [0.29, 0.717) is 22.2 Å². The van der Waals surface area contributed by atoms with Crippen molar-refractivity contribution in [2.75, 3.05) is 30.6 Å². The first-order chi connectivity index (χ1) is 14.3. The Labute approximate surface area is 187 Å². The van der Waals surface area contributed by atoms with E-state index in [2.05, 4.69) is 20.9 Å². The van der Waals surface area contributed by atoms with Gasteiger partial charge < -0.3 is 14.4 Å². The number of carbonyl (C=O) groups excluding carboxylic acids is 1. The molecule has 2 aliphatic rings. The van der Waals surface area contributed by atoms with Crippen molar-refractivity contribution in [1.82, 2.24) is 0 Å². The van der Waals surface area contributed by atoms with Crippen molar-refractivity contribution in [3.05, 3.63) is 52.5 Å². The second kappa shape index (κ2) is 8.24. The average Bonchev–Trinajstić information content (AvgIpc) is 3.18. The first kappa shape index (κ1) is 21.2. The van der Waals surface area contributed by atoms with Gasteiger partial charge in [0.2, 0.25) is 0 Å². The third-order valence-corrected chi connectivity index (χ3v) is 8.74. The molecular weight excluding hydrogens is 492 g/mol. The van der Waals surface area contributed by atoms with Crippen LogP contribution in [0.4, 0.5) is 5.69 Å². The largest absolute Gasteiger partial charge is 0.493 e. The molecule has 0 bridgehead atoms. The van der Waals surface area contributed by atoms with Crippen LogP contribution in [0.5, 0.6) is 11.5 Å². The zero-order valence-corrected chi connectivity index (χ0v) is 19.5. The zero-order chi connectivity index (χ0) is 21.5. The summed E-state index contributed by atoms with van der Waals surface area (Å²) in [5.74, 6) is 0.662. The fourth-order valence-corrected chi connectivity index (χ4v) is 7.77. The molecule has 10 heteroatoms. The number of sulfone groups is 1. The Balaban J connectivity index is 1.70. The van der Waals surface area contributed by atoms with E-state index in [1.807, 2.05) is 29.2 Å². The number of nitrogens with zero attached hydrogens (tertiary/aromatic N) is 2. The number of aliphatic imine (C=N–C) groups is 1. The predicted octanol–water partition coefficient (Wildman–Crippen LogP) is 3.38. The van der Waals surface area contributed by atoms with Gasteiger partial charge in [0.05, 0.1) is 31.8 Å². The summed E-state index contributed by atoms with van der Waals surface area (Å²) >= 11 is 4.75. The molecule has 30 heavy (non-hydrogen) atoms. The first-order valence-corrected chi connectivity index (χ1v) is 12.6. The van der Waals surface area contributed by atoms with Crippen LogP contribution in [0.1, 0.15) is 10.4 Å². The Morgan fingerprint density at radius 1 is 1.10 bits per heavy atom. The average molecular weight is 511 g/mol. The van der Waals surface area contributed by atoms with Gasteiger partial charge in [-0.2, -0.15) is 4.99 Å². The summed E-state index contributed by atoms with van der Waals surface area (Å²) in [6.45, 7) is 0. The number of ether oxygens (including phenoxy) is 2.